The van der Waals surface area contributed by atoms with E-state index in [4.69, 9.17) is 32.5 Å². The number of esters is 1. The van der Waals surface area contributed by atoms with Crippen LogP contribution in [0, 0.1) is 5.92 Å². The number of hydrogen-bond donors (Lipinski definition) is 1. The molecule has 4 rings (SSSR count). The number of nitrogens with one attached hydrogen (secondary N) is 1. The Balaban J connectivity index is 1.31. The maximum absolute atomic E-state index is 12.7. The van der Waals surface area contributed by atoms with Crippen molar-refractivity contribution in [3.8, 4) is 11.4 Å². The van der Waals surface area contributed by atoms with E-state index < -0.39 is 5.97 Å². The van der Waals surface area contributed by atoms with Gasteiger partial charge in [0.05, 0.1) is 29.3 Å². The fraction of sp³-hybridized carbons (Fsp3) is 0.304. The zero-order valence-corrected chi connectivity index (χ0v) is 19.4. The van der Waals surface area contributed by atoms with Gasteiger partial charge in [-0.1, -0.05) is 40.5 Å². The van der Waals surface area contributed by atoms with Gasteiger partial charge in [0.1, 0.15) is 0 Å². The van der Waals surface area contributed by atoms with Crippen molar-refractivity contribution in [3.05, 3.63) is 64.0 Å². The number of methoxy groups -OCH3 is 1. The van der Waals surface area contributed by atoms with Gasteiger partial charge < -0.3 is 14.6 Å². The van der Waals surface area contributed by atoms with Crippen molar-refractivity contribution in [2.75, 3.05) is 25.5 Å². The summed E-state index contributed by atoms with van der Waals surface area (Å²) in [7, 11) is 1.28. The number of anilines is 1. The van der Waals surface area contributed by atoms with Crippen molar-refractivity contribution in [2.24, 2.45) is 5.92 Å². The third kappa shape index (κ3) is 5.52. The fourth-order valence-electron chi connectivity index (χ4n) is 3.73. The van der Waals surface area contributed by atoms with Crippen molar-refractivity contribution >= 4 is 40.8 Å². The molecule has 1 aliphatic heterocycles. The highest BCUT2D eigenvalue weighted by Gasteiger charge is 2.26. The summed E-state index contributed by atoms with van der Waals surface area (Å²) in [5.74, 6) is 0.179. The number of rotatable bonds is 6. The minimum absolute atomic E-state index is 0.0911. The number of carbonyl (C=O) groups is 2. The predicted molar refractivity (Wildman–Crippen MR) is 124 cm³/mol. The lowest BCUT2D eigenvalue weighted by Crippen LogP contribution is -2.37. The number of hydrogen-bond acceptors (Lipinski definition) is 7. The van der Waals surface area contributed by atoms with Crippen LogP contribution in [0.15, 0.2) is 47.0 Å². The van der Waals surface area contributed by atoms with E-state index in [1.54, 1.807) is 18.2 Å². The highest BCUT2D eigenvalue weighted by Crippen LogP contribution is 2.27. The summed E-state index contributed by atoms with van der Waals surface area (Å²) in [6.45, 7) is 1.94. The van der Waals surface area contributed by atoms with Crippen LogP contribution < -0.4 is 5.32 Å². The van der Waals surface area contributed by atoms with Gasteiger partial charge in [-0.05, 0) is 56.3 Å². The second kappa shape index (κ2) is 10.3. The van der Waals surface area contributed by atoms with Gasteiger partial charge in [-0.3, -0.25) is 9.69 Å². The zero-order chi connectivity index (χ0) is 23.4. The molecular weight excluding hydrogens is 467 g/mol. The Labute approximate surface area is 200 Å². The minimum Gasteiger partial charge on any atom is -0.465 e. The van der Waals surface area contributed by atoms with Crippen LogP contribution in [0.2, 0.25) is 10.0 Å². The summed E-state index contributed by atoms with van der Waals surface area (Å²) in [4.78, 5) is 31.2. The van der Waals surface area contributed by atoms with Gasteiger partial charge in [-0.25, -0.2) is 4.79 Å². The first-order valence-corrected chi connectivity index (χ1v) is 11.2. The van der Waals surface area contributed by atoms with E-state index in [9.17, 15) is 9.59 Å². The molecule has 1 amide bonds. The lowest BCUT2D eigenvalue weighted by Gasteiger charge is -2.30. The van der Waals surface area contributed by atoms with E-state index in [2.05, 4.69) is 20.4 Å². The van der Waals surface area contributed by atoms with Crippen molar-refractivity contribution in [1.82, 2.24) is 15.0 Å². The summed E-state index contributed by atoms with van der Waals surface area (Å²) >= 11 is 12.2. The summed E-state index contributed by atoms with van der Waals surface area (Å²) in [5, 5.41) is 7.74. The lowest BCUT2D eigenvalue weighted by molar-refractivity contribution is -0.121. The maximum Gasteiger partial charge on any atom is 0.339 e. The Bertz CT molecular complexity index is 1160. The molecule has 1 aromatic heterocycles. The van der Waals surface area contributed by atoms with Crippen LogP contribution in [-0.4, -0.2) is 47.1 Å². The summed E-state index contributed by atoms with van der Waals surface area (Å²) in [6.07, 6.45) is 1.38. The van der Waals surface area contributed by atoms with Crippen LogP contribution in [0.3, 0.4) is 0 Å². The van der Waals surface area contributed by atoms with Gasteiger partial charge in [-0.2, -0.15) is 4.98 Å². The average Bonchev–Trinajstić information content (AvgIpc) is 3.28. The summed E-state index contributed by atoms with van der Waals surface area (Å²) < 4.78 is 10.1. The normalized spacial score (nSPS) is 14.8. The molecule has 0 atom stereocenters. The van der Waals surface area contributed by atoms with Crippen LogP contribution in [0.25, 0.3) is 11.4 Å². The average molecular weight is 489 g/mol. The molecule has 1 fully saturated rings. The zero-order valence-electron chi connectivity index (χ0n) is 17.9. The second-order valence-electron chi connectivity index (χ2n) is 7.72. The number of nitrogens with zero attached hydrogens (tertiary/aromatic N) is 3. The van der Waals surface area contributed by atoms with Crippen LogP contribution in [0.5, 0.6) is 0 Å². The van der Waals surface area contributed by atoms with Gasteiger partial charge in [0.15, 0.2) is 0 Å². The molecule has 0 spiro atoms. The number of piperidine rings is 1. The highest BCUT2D eigenvalue weighted by molar-refractivity contribution is 6.34. The van der Waals surface area contributed by atoms with Gasteiger partial charge in [0, 0.05) is 17.2 Å². The largest absolute Gasteiger partial charge is 0.465 e. The number of ether oxygens (including phenoxy) is 1. The first-order chi connectivity index (χ1) is 15.9. The van der Waals surface area contributed by atoms with E-state index in [1.165, 1.54) is 13.2 Å². The number of aromatic nitrogens is 2. The number of halogens is 2. The van der Waals surface area contributed by atoms with E-state index in [1.807, 2.05) is 18.2 Å². The second-order valence-corrected chi connectivity index (χ2v) is 8.53. The molecule has 0 bridgehead atoms. The molecule has 2 aromatic carbocycles. The molecule has 0 aliphatic carbocycles. The fourth-order valence-corrected chi connectivity index (χ4v) is 4.14. The molecule has 8 nitrogen and oxygen atoms in total. The SMILES string of the molecule is COC(=O)c1cc(NC(=O)C2CCN(Cc3nc(-c4ccccc4Cl)no3)CC2)ccc1Cl. The molecule has 1 saturated heterocycles. The lowest BCUT2D eigenvalue weighted by atomic mass is 9.95. The molecular formula is C23H22Cl2N4O4. The van der Waals surface area contributed by atoms with Gasteiger partial charge in [-0.15, -0.1) is 0 Å². The standard InChI is InChI=1S/C23H22Cl2N4O4/c1-32-23(31)17-12-15(6-7-19(17)25)26-22(30)14-8-10-29(11-9-14)13-20-27-21(28-33-20)16-4-2-3-5-18(16)24/h2-7,12,14H,8-11,13H2,1H3,(H,26,30). The van der Waals surface area contributed by atoms with Gasteiger partial charge >= 0.3 is 5.97 Å². The van der Waals surface area contributed by atoms with Gasteiger partial charge in [0.25, 0.3) is 0 Å². The molecule has 3 aromatic rings. The van der Waals surface area contributed by atoms with E-state index >= 15 is 0 Å². The van der Waals surface area contributed by atoms with Crippen molar-refractivity contribution in [3.63, 3.8) is 0 Å². The molecule has 0 saturated carbocycles. The highest BCUT2D eigenvalue weighted by atomic mass is 35.5. The minimum atomic E-state index is -0.553. The Kier molecular flexibility index (Phi) is 7.27. The Morgan fingerprint density at radius 1 is 1.15 bits per heavy atom. The molecule has 33 heavy (non-hydrogen) atoms. The molecule has 10 heteroatoms. The Morgan fingerprint density at radius 3 is 2.64 bits per heavy atom. The number of benzene rings is 2. The topological polar surface area (TPSA) is 97.6 Å². The number of amides is 1. The first-order valence-electron chi connectivity index (χ1n) is 10.4. The van der Waals surface area contributed by atoms with Crippen molar-refractivity contribution < 1.29 is 18.8 Å². The molecule has 1 N–H and O–H groups in total. The van der Waals surface area contributed by atoms with Crippen LogP contribution in [0.4, 0.5) is 5.69 Å². The van der Waals surface area contributed by atoms with E-state index in [-0.39, 0.29) is 22.4 Å². The van der Waals surface area contributed by atoms with Crippen molar-refractivity contribution in [1.29, 1.82) is 0 Å². The maximum atomic E-state index is 12.7. The van der Waals surface area contributed by atoms with Gasteiger partial charge in [0.2, 0.25) is 17.6 Å². The third-order valence-electron chi connectivity index (χ3n) is 5.54. The summed E-state index contributed by atoms with van der Waals surface area (Å²) in [6, 6.07) is 12.1. The number of likely N-dealkylation sites (tertiary alicyclic amines) is 1. The Hall–Kier alpha value is -2.94. The molecule has 172 valence electrons. The van der Waals surface area contributed by atoms with E-state index in [0.29, 0.717) is 41.8 Å². The monoisotopic (exact) mass is 488 g/mol. The molecule has 0 radical (unpaired) electrons. The van der Waals surface area contributed by atoms with Crippen LogP contribution >= 0.6 is 23.2 Å². The third-order valence-corrected chi connectivity index (χ3v) is 6.20. The molecule has 1 aliphatic rings. The van der Waals surface area contributed by atoms with Crippen molar-refractivity contribution in [2.45, 2.75) is 19.4 Å². The quantitative estimate of drug-likeness (QED) is 0.502. The number of carbonyl (C=O) groups excluding carboxylic acids is 2. The van der Waals surface area contributed by atoms with Crippen LogP contribution in [0.1, 0.15) is 29.1 Å². The molecule has 0 unspecified atom stereocenters. The smallest absolute Gasteiger partial charge is 0.339 e. The first kappa shape index (κ1) is 23.2. The van der Waals surface area contributed by atoms with E-state index in [0.717, 1.165) is 18.7 Å². The predicted octanol–water partition coefficient (Wildman–Crippen LogP) is 4.68. The summed E-state index contributed by atoms with van der Waals surface area (Å²) in [5.41, 5.74) is 1.44. The van der Waals surface area contributed by atoms with Crippen LogP contribution in [-0.2, 0) is 16.1 Å². The molecule has 2 heterocycles. The Morgan fingerprint density at radius 2 is 1.91 bits per heavy atom.